The van der Waals surface area contributed by atoms with E-state index in [9.17, 15) is 9.18 Å². The zero-order valence-corrected chi connectivity index (χ0v) is 13.4. The molecule has 2 aromatic carbocycles. The van der Waals surface area contributed by atoms with Gasteiger partial charge in [0.15, 0.2) is 0 Å². The van der Waals surface area contributed by atoms with Crippen molar-refractivity contribution in [3.63, 3.8) is 0 Å². The van der Waals surface area contributed by atoms with Gasteiger partial charge in [0.25, 0.3) is 0 Å². The molecule has 1 unspecified atom stereocenters. The number of hydrogen-bond donors (Lipinski definition) is 0. The second kappa shape index (κ2) is 6.13. The highest BCUT2D eigenvalue weighted by Gasteiger charge is 2.33. The molecule has 114 valence electrons. The molecule has 3 rings (SSSR count). The first-order valence-electron chi connectivity index (χ1n) is 7.39. The maximum absolute atomic E-state index is 13.1. The Labute approximate surface area is 134 Å². The Balaban J connectivity index is 1.84. The second-order valence-electron chi connectivity index (χ2n) is 5.70. The van der Waals surface area contributed by atoms with E-state index < -0.39 is 0 Å². The van der Waals surface area contributed by atoms with Crippen molar-refractivity contribution in [1.82, 2.24) is 0 Å². The Morgan fingerprint density at radius 2 is 1.86 bits per heavy atom. The fraction of sp³-hybridized carbons (Fsp3) is 0.278. The van der Waals surface area contributed by atoms with Gasteiger partial charge in [0, 0.05) is 16.6 Å². The number of halogens is 1. The summed E-state index contributed by atoms with van der Waals surface area (Å²) in [5.41, 5.74) is 1.98. The molecule has 0 bridgehead atoms. The monoisotopic (exact) mass is 315 g/mol. The van der Waals surface area contributed by atoms with Crippen LogP contribution in [0.5, 0.6) is 0 Å². The third-order valence-electron chi connectivity index (χ3n) is 3.78. The van der Waals surface area contributed by atoms with Crippen LogP contribution in [0.4, 0.5) is 10.1 Å². The van der Waals surface area contributed by atoms with Crippen LogP contribution in [0.25, 0.3) is 0 Å². The molecule has 0 radical (unpaired) electrons. The molecule has 1 aliphatic rings. The minimum absolute atomic E-state index is 0.0299. The zero-order chi connectivity index (χ0) is 15.7. The number of amides is 1. The number of benzene rings is 2. The molecule has 1 aliphatic heterocycles. The number of carbonyl (C=O) groups excluding carboxylic acids is 1. The zero-order valence-electron chi connectivity index (χ0n) is 12.6. The average Bonchev–Trinajstić information content (AvgIpc) is 2.93. The Morgan fingerprint density at radius 1 is 1.18 bits per heavy atom. The summed E-state index contributed by atoms with van der Waals surface area (Å²) in [5, 5.41) is -0.107. The molecule has 0 saturated carbocycles. The lowest BCUT2D eigenvalue weighted by Crippen LogP contribution is -2.42. The number of carbonyl (C=O) groups is 1. The summed E-state index contributed by atoms with van der Waals surface area (Å²) in [6.07, 6.45) is 0.754. The van der Waals surface area contributed by atoms with Gasteiger partial charge < -0.3 is 4.90 Å². The molecule has 0 aliphatic carbocycles. The quantitative estimate of drug-likeness (QED) is 0.842. The Hall–Kier alpha value is -1.81. The fourth-order valence-electron chi connectivity index (χ4n) is 2.76. The predicted molar refractivity (Wildman–Crippen MR) is 88.8 cm³/mol. The van der Waals surface area contributed by atoms with E-state index in [-0.39, 0.29) is 23.0 Å². The molecule has 0 spiro atoms. The Bertz CT molecular complexity index is 659. The van der Waals surface area contributed by atoms with Gasteiger partial charge in [-0.05, 0) is 56.2 Å². The Morgan fingerprint density at radius 3 is 2.50 bits per heavy atom. The third kappa shape index (κ3) is 2.88. The molecule has 0 fully saturated rings. The van der Waals surface area contributed by atoms with Gasteiger partial charge in [-0.1, -0.05) is 18.2 Å². The van der Waals surface area contributed by atoms with Gasteiger partial charge >= 0.3 is 0 Å². The number of nitrogens with zero attached hydrogens (tertiary/aromatic N) is 1. The molecule has 22 heavy (non-hydrogen) atoms. The van der Waals surface area contributed by atoms with Crippen molar-refractivity contribution in [3.8, 4) is 0 Å². The van der Waals surface area contributed by atoms with Gasteiger partial charge in [-0.2, -0.15) is 0 Å². The van der Waals surface area contributed by atoms with Crippen LogP contribution in [-0.4, -0.2) is 17.2 Å². The summed E-state index contributed by atoms with van der Waals surface area (Å²) in [7, 11) is 0. The SMILES string of the molecule is CC(C)N(C(=O)C1Cc2ccccc2S1)c1ccc(F)cc1. The van der Waals surface area contributed by atoms with Crippen LogP contribution in [0.15, 0.2) is 53.4 Å². The summed E-state index contributed by atoms with van der Waals surface area (Å²) < 4.78 is 13.1. The lowest BCUT2D eigenvalue weighted by atomic mass is 10.1. The van der Waals surface area contributed by atoms with E-state index in [1.165, 1.54) is 22.6 Å². The van der Waals surface area contributed by atoms with Gasteiger partial charge in [0.1, 0.15) is 5.82 Å². The van der Waals surface area contributed by atoms with Crippen molar-refractivity contribution in [2.75, 3.05) is 4.90 Å². The van der Waals surface area contributed by atoms with Crippen LogP contribution < -0.4 is 4.90 Å². The predicted octanol–water partition coefficient (Wildman–Crippen LogP) is 4.28. The van der Waals surface area contributed by atoms with Gasteiger partial charge in [-0.25, -0.2) is 4.39 Å². The maximum atomic E-state index is 13.1. The van der Waals surface area contributed by atoms with Crippen LogP contribution in [-0.2, 0) is 11.2 Å². The van der Waals surface area contributed by atoms with Crippen LogP contribution in [0.3, 0.4) is 0 Å². The number of fused-ring (bicyclic) bond motifs is 1. The number of thioether (sulfide) groups is 1. The highest BCUT2D eigenvalue weighted by Crippen LogP contribution is 2.38. The molecule has 0 N–H and O–H groups in total. The minimum atomic E-state index is -0.289. The molecule has 1 heterocycles. The third-order valence-corrected chi connectivity index (χ3v) is 5.09. The van der Waals surface area contributed by atoms with E-state index in [1.807, 2.05) is 26.0 Å². The highest BCUT2D eigenvalue weighted by atomic mass is 32.2. The van der Waals surface area contributed by atoms with E-state index in [0.29, 0.717) is 0 Å². The summed E-state index contributed by atoms with van der Waals surface area (Å²) in [6, 6.07) is 14.3. The molecule has 2 nitrogen and oxygen atoms in total. The fourth-order valence-corrected chi connectivity index (χ4v) is 4.00. The van der Waals surface area contributed by atoms with Crippen LogP contribution in [0, 0.1) is 5.82 Å². The van der Waals surface area contributed by atoms with Gasteiger partial charge in [0.05, 0.1) is 5.25 Å². The van der Waals surface area contributed by atoms with Crippen molar-refractivity contribution in [1.29, 1.82) is 0 Å². The molecule has 2 aromatic rings. The summed E-state index contributed by atoms with van der Waals surface area (Å²) in [6.45, 7) is 3.96. The topological polar surface area (TPSA) is 20.3 Å². The lowest BCUT2D eigenvalue weighted by molar-refractivity contribution is -0.118. The smallest absolute Gasteiger partial charge is 0.241 e. The highest BCUT2D eigenvalue weighted by molar-refractivity contribution is 8.01. The summed E-state index contributed by atoms with van der Waals surface area (Å²) >= 11 is 1.62. The number of rotatable bonds is 3. The Kier molecular flexibility index (Phi) is 4.21. The van der Waals surface area contributed by atoms with Gasteiger partial charge in [-0.15, -0.1) is 11.8 Å². The first-order valence-corrected chi connectivity index (χ1v) is 8.27. The largest absolute Gasteiger partial charge is 0.309 e. The van der Waals surface area contributed by atoms with E-state index >= 15 is 0 Å². The van der Waals surface area contributed by atoms with E-state index in [2.05, 4.69) is 12.1 Å². The molecule has 1 amide bonds. The van der Waals surface area contributed by atoms with Crippen molar-refractivity contribution in [3.05, 3.63) is 59.9 Å². The first-order chi connectivity index (χ1) is 10.6. The molecule has 0 saturated heterocycles. The van der Waals surface area contributed by atoms with Crippen molar-refractivity contribution in [2.24, 2.45) is 0 Å². The second-order valence-corrected chi connectivity index (χ2v) is 6.94. The molecule has 0 aromatic heterocycles. The number of anilines is 1. The average molecular weight is 315 g/mol. The van der Waals surface area contributed by atoms with Gasteiger partial charge in [-0.3, -0.25) is 4.79 Å². The molecular formula is C18H18FNOS. The molecular weight excluding hydrogens is 297 g/mol. The summed E-state index contributed by atoms with van der Waals surface area (Å²) in [4.78, 5) is 15.9. The van der Waals surface area contributed by atoms with Crippen molar-refractivity contribution >= 4 is 23.4 Å². The summed E-state index contributed by atoms with van der Waals surface area (Å²) in [5.74, 6) is -0.203. The van der Waals surface area contributed by atoms with Crippen LogP contribution >= 0.6 is 11.8 Å². The maximum Gasteiger partial charge on any atom is 0.241 e. The van der Waals surface area contributed by atoms with E-state index in [1.54, 1.807) is 28.8 Å². The first kappa shape index (κ1) is 15.1. The molecule has 1 atom stereocenters. The molecule has 4 heteroatoms. The van der Waals surface area contributed by atoms with E-state index in [0.717, 1.165) is 12.1 Å². The van der Waals surface area contributed by atoms with Crippen molar-refractivity contribution < 1.29 is 9.18 Å². The van der Waals surface area contributed by atoms with Gasteiger partial charge in [0.2, 0.25) is 5.91 Å². The minimum Gasteiger partial charge on any atom is -0.309 e. The number of hydrogen-bond acceptors (Lipinski definition) is 2. The van der Waals surface area contributed by atoms with Crippen LogP contribution in [0.2, 0.25) is 0 Å². The van der Waals surface area contributed by atoms with Crippen molar-refractivity contribution in [2.45, 2.75) is 36.5 Å². The standard InChI is InChI=1S/C18H18FNOS/c1-12(2)20(15-9-7-14(19)8-10-15)18(21)17-11-13-5-3-4-6-16(13)22-17/h3-10,12,17H,11H2,1-2H3. The van der Waals surface area contributed by atoms with E-state index in [4.69, 9.17) is 0 Å². The van der Waals surface area contributed by atoms with Crippen LogP contribution in [0.1, 0.15) is 19.4 Å². The lowest BCUT2D eigenvalue weighted by Gasteiger charge is -2.29. The normalized spacial score (nSPS) is 16.6.